The molecular formula is C13H9F2NO2. The molecule has 0 bridgehead atoms. The smallest absolute Gasteiger partial charge is 0.258 e. The van der Waals surface area contributed by atoms with Gasteiger partial charge in [0.1, 0.15) is 11.6 Å². The van der Waals surface area contributed by atoms with Gasteiger partial charge in [0.2, 0.25) is 0 Å². The summed E-state index contributed by atoms with van der Waals surface area (Å²) in [6.45, 7) is 1.60. The molecule has 0 N–H and O–H groups in total. The van der Waals surface area contributed by atoms with Crippen molar-refractivity contribution in [3.05, 3.63) is 63.7 Å². The Kier molecular flexibility index (Phi) is 3.06. The van der Waals surface area contributed by atoms with Crippen molar-refractivity contribution in [1.29, 1.82) is 0 Å². The average Bonchev–Trinajstić information content (AvgIpc) is 2.30. The fraction of sp³-hybridized carbons (Fsp3) is 0.0769. The summed E-state index contributed by atoms with van der Waals surface area (Å²) in [4.78, 5) is 10.3. The van der Waals surface area contributed by atoms with Crippen LogP contribution in [0.4, 0.5) is 14.5 Å². The standard InChI is InChI=1S/C13H9F2NO2/c1-8-2-3-9(6-13(8)16(17)18)11-5-4-10(14)7-12(11)15/h2-7H,1H3. The van der Waals surface area contributed by atoms with E-state index in [1.807, 2.05) is 0 Å². The molecule has 0 saturated heterocycles. The summed E-state index contributed by atoms with van der Waals surface area (Å²) < 4.78 is 26.3. The molecule has 2 aromatic rings. The first kappa shape index (κ1) is 12.2. The molecule has 0 fully saturated rings. The first-order valence-electron chi connectivity index (χ1n) is 5.19. The van der Waals surface area contributed by atoms with Crippen molar-refractivity contribution < 1.29 is 13.7 Å². The van der Waals surface area contributed by atoms with E-state index >= 15 is 0 Å². The van der Waals surface area contributed by atoms with Crippen molar-refractivity contribution in [2.75, 3.05) is 0 Å². The van der Waals surface area contributed by atoms with E-state index in [2.05, 4.69) is 0 Å². The van der Waals surface area contributed by atoms with E-state index in [0.717, 1.165) is 12.1 Å². The zero-order valence-corrected chi connectivity index (χ0v) is 9.48. The molecule has 3 nitrogen and oxygen atoms in total. The van der Waals surface area contributed by atoms with Gasteiger partial charge in [-0.25, -0.2) is 8.78 Å². The number of hydrogen-bond acceptors (Lipinski definition) is 2. The second-order valence-corrected chi connectivity index (χ2v) is 3.88. The molecule has 0 unspecified atom stereocenters. The van der Waals surface area contributed by atoms with Gasteiger partial charge in [-0.05, 0) is 24.6 Å². The number of nitrogens with zero attached hydrogens (tertiary/aromatic N) is 1. The summed E-state index contributed by atoms with van der Waals surface area (Å²) in [6, 6.07) is 7.52. The third-order valence-electron chi connectivity index (χ3n) is 2.65. The number of nitro groups is 1. The van der Waals surface area contributed by atoms with Crippen molar-refractivity contribution in [2.24, 2.45) is 0 Å². The molecule has 0 saturated carbocycles. The van der Waals surface area contributed by atoms with Crippen molar-refractivity contribution >= 4 is 5.69 Å². The Morgan fingerprint density at radius 3 is 2.44 bits per heavy atom. The van der Waals surface area contributed by atoms with Gasteiger partial charge in [-0.1, -0.05) is 12.1 Å². The number of rotatable bonds is 2. The van der Waals surface area contributed by atoms with Gasteiger partial charge in [0.15, 0.2) is 0 Å². The zero-order chi connectivity index (χ0) is 13.3. The molecule has 0 aromatic heterocycles. The predicted octanol–water partition coefficient (Wildman–Crippen LogP) is 3.85. The topological polar surface area (TPSA) is 43.1 Å². The Labute approximate surface area is 102 Å². The van der Waals surface area contributed by atoms with Gasteiger partial charge in [-0.2, -0.15) is 0 Å². The normalized spacial score (nSPS) is 10.4. The Balaban J connectivity index is 2.58. The molecule has 0 atom stereocenters. The number of nitro benzene ring substituents is 1. The average molecular weight is 249 g/mol. The van der Waals surface area contributed by atoms with Gasteiger partial charge >= 0.3 is 0 Å². The van der Waals surface area contributed by atoms with Crippen LogP contribution in [0.1, 0.15) is 5.56 Å². The lowest BCUT2D eigenvalue weighted by molar-refractivity contribution is -0.385. The zero-order valence-electron chi connectivity index (χ0n) is 9.48. The molecule has 0 amide bonds. The quantitative estimate of drug-likeness (QED) is 0.599. The van der Waals surface area contributed by atoms with Gasteiger partial charge in [0.25, 0.3) is 5.69 Å². The first-order valence-corrected chi connectivity index (χ1v) is 5.19. The lowest BCUT2D eigenvalue weighted by atomic mass is 10.0. The highest BCUT2D eigenvalue weighted by Gasteiger charge is 2.14. The van der Waals surface area contributed by atoms with Crippen molar-refractivity contribution in [3.8, 4) is 11.1 Å². The molecule has 0 spiro atoms. The molecule has 0 radical (unpaired) electrons. The van der Waals surface area contributed by atoms with E-state index in [4.69, 9.17) is 0 Å². The molecular weight excluding hydrogens is 240 g/mol. The van der Waals surface area contributed by atoms with E-state index in [-0.39, 0.29) is 11.3 Å². The Bertz CT molecular complexity index is 626. The number of halogens is 2. The van der Waals surface area contributed by atoms with E-state index < -0.39 is 16.6 Å². The minimum Gasteiger partial charge on any atom is -0.258 e. The van der Waals surface area contributed by atoms with E-state index in [1.165, 1.54) is 18.2 Å². The molecule has 92 valence electrons. The van der Waals surface area contributed by atoms with Crippen LogP contribution in [0.5, 0.6) is 0 Å². The molecule has 0 aliphatic heterocycles. The molecule has 18 heavy (non-hydrogen) atoms. The highest BCUT2D eigenvalue weighted by molar-refractivity contribution is 5.67. The largest absolute Gasteiger partial charge is 0.272 e. The van der Waals surface area contributed by atoms with Crippen LogP contribution in [0.2, 0.25) is 0 Å². The highest BCUT2D eigenvalue weighted by atomic mass is 19.1. The maximum atomic E-state index is 13.6. The van der Waals surface area contributed by atoms with Crippen LogP contribution in [-0.4, -0.2) is 4.92 Å². The number of benzene rings is 2. The van der Waals surface area contributed by atoms with Gasteiger partial charge < -0.3 is 0 Å². The van der Waals surface area contributed by atoms with Crippen molar-refractivity contribution in [1.82, 2.24) is 0 Å². The summed E-state index contributed by atoms with van der Waals surface area (Å²) in [6.07, 6.45) is 0. The summed E-state index contributed by atoms with van der Waals surface area (Å²) in [5.74, 6) is -1.42. The van der Waals surface area contributed by atoms with Crippen molar-refractivity contribution in [3.63, 3.8) is 0 Å². The molecule has 2 rings (SSSR count). The molecule has 0 aliphatic rings. The SMILES string of the molecule is Cc1ccc(-c2ccc(F)cc2F)cc1[N+](=O)[O-]. The second kappa shape index (κ2) is 4.52. The van der Waals surface area contributed by atoms with Crippen LogP contribution in [-0.2, 0) is 0 Å². The number of hydrogen-bond donors (Lipinski definition) is 0. The van der Waals surface area contributed by atoms with Crippen LogP contribution >= 0.6 is 0 Å². The summed E-state index contributed by atoms with van der Waals surface area (Å²) in [5.41, 5.74) is 0.895. The van der Waals surface area contributed by atoms with Gasteiger partial charge in [0, 0.05) is 23.3 Å². The Morgan fingerprint density at radius 2 is 1.83 bits per heavy atom. The molecule has 2 aromatic carbocycles. The maximum Gasteiger partial charge on any atom is 0.272 e. The molecule has 5 heteroatoms. The fourth-order valence-electron chi connectivity index (χ4n) is 1.70. The lowest BCUT2D eigenvalue weighted by Gasteiger charge is -2.05. The Morgan fingerprint density at radius 1 is 1.11 bits per heavy atom. The first-order chi connectivity index (χ1) is 8.49. The van der Waals surface area contributed by atoms with Gasteiger partial charge in [-0.15, -0.1) is 0 Å². The highest BCUT2D eigenvalue weighted by Crippen LogP contribution is 2.28. The van der Waals surface area contributed by atoms with Crippen LogP contribution in [0, 0.1) is 28.7 Å². The molecule has 0 heterocycles. The van der Waals surface area contributed by atoms with Crippen LogP contribution in [0.15, 0.2) is 36.4 Å². The Hall–Kier alpha value is -2.30. The van der Waals surface area contributed by atoms with Gasteiger partial charge in [-0.3, -0.25) is 10.1 Å². The monoisotopic (exact) mass is 249 g/mol. The maximum absolute atomic E-state index is 13.6. The van der Waals surface area contributed by atoms with Gasteiger partial charge in [0.05, 0.1) is 4.92 Å². The van der Waals surface area contributed by atoms with E-state index in [1.54, 1.807) is 13.0 Å². The minimum absolute atomic E-state index is 0.0868. The third-order valence-corrected chi connectivity index (χ3v) is 2.65. The third kappa shape index (κ3) is 2.20. The summed E-state index contributed by atoms with van der Waals surface area (Å²) in [5, 5.41) is 10.8. The van der Waals surface area contributed by atoms with E-state index in [0.29, 0.717) is 11.1 Å². The van der Waals surface area contributed by atoms with Crippen LogP contribution in [0.25, 0.3) is 11.1 Å². The van der Waals surface area contributed by atoms with Crippen molar-refractivity contribution in [2.45, 2.75) is 6.92 Å². The van der Waals surface area contributed by atoms with Crippen LogP contribution < -0.4 is 0 Å². The minimum atomic E-state index is -0.742. The summed E-state index contributed by atoms with van der Waals surface area (Å²) in [7, 11) is 0. The molecule has 0 aliphatic carbocycles. The fourth-order valence-corrected chi connectivity index (χ4v) is 1.70. The second-order valence-electron chi connectivity index (χ2n) is 3.88. The predicted molar refractivity (Wildman–Crippen MR) is 63.2 cm³/mol. The number of aryl methyl sites for hydroxylation is 1. The summed E-state index contributed by atoms with van der Waals surface area (Å²) >= 11 is 0. The van der Waals surface area contributed by atoms with Crippen LogP contribution in [0.3, 0.4) is 0 Å². The lowest BCUT2D eigenvalue weighted by Crippen LogP contribution is -1.93. The van der Waals surface area contributed by atoms with E-state index in [9.17, 15) is 18.9 Å².